The van der Waals surface area contributed by atoms with Crippen LogP contribution < -0.4 is 4.74 Å². The van der Waals surface area contributed by atoms with Crippen molar-refractivity contribution in [1.29, 1.82) is 0 Å². The Labute approximate surface area is 214 Å². The zero-order valence-electron chi connectivity index (χ0n) is 22.0. The lowest BCUT2D eigenvalue weighted by Gasteiger charge is -2.28. The van der Waals surface area contributed by atoms with Gasteiger partial charge >= 0.3 is 0 Å². The molecule has 2 aromatic rings. The Morgan fingerprint density at radius 1 is 0.743 bits per heavy atom. The maximum Gasteiger partial charge on any atom is 0.119 e. The van der Waals surface area contributed by atoms with Gasteiger partial charge in [-0.3, -0.25) is 0 Å². The summed E-state index contributed by atoms with van der Waals surface area (Å²) < 4.78 is 5.72. The lowest BCUT2D eigenvalue weighted by Crippen LogP contribution is -2.13. The van der Waals surface area contributed by atoms with Crippen LogP contribution in [0, 0.1) is 23.7 Å². The molecule has 0 spiro atoms. The highest BCUT2D eigenvalue weighted by molar-refractivity contribution is 5.39. The SMILES string of the molecule is CCCOc1ccc(C2CCC(C=CC#Cc3ccc(C4CCC(CCC)CC4)cc3)CC2)cc1. The number of allylic oxidation sites excluding steroid dienone is 2. The molecule has 2 aromatic carbocycles. The highest BCUT2D eigenvalue weighted by Gasteiger charge is 2.22. The van der Waals surface area contributed by atoms with E-state index in [0.717, 1.165) is 36.2 Å². The summed E-state index contributed by atoms with van der Waals surface area (Å²) in [6.45, 7) is 5.26. The smallest absolute Gasteiger partial charge is 0.119 e. The third kappa shape index (κ3) is 7.76. The molecule has 186 valence electrons. The molecule has 35 heavy (non-hydrogen) atoms. The molecule has 0 aromatic heterocycles. The van der Waals surface area contributed by atoms with Crippen molar-refractivity contribution in [2.75, 3.05) is 6.61 Å². The van der Waals surface area contributed by atoms with Crippen LogP contribution in [0.1, 0.15) is 113 Å². The van der Waals surface area contributed by atoms with Crippen molar-refractivity contribution in [3.8, 4) is 17.6 Å². The van der Waals surface area contributed by atoms with Crippen LogP contribution in [0.2, 0.25) is 0 Å². The first kappa shape index (κ1) is 25.6. The average Bonchev–Trinajstić information content (AvgIpc) is 2.92. The molecule has 4 rings (SSSR count). The quantitative estimate of drug-likeness (QED) is 0.351. The van der Waals surface area contributed by atoms with Gasteiger partial charge in [-0.15, -0.1) is 0 Å². The molecule has 0 atom stereocenters. The molecule has 0 N–H and O–H groups in total. The van der Waals surface area contributed by atoms with Crippen molar-refractivity contribution >= 4 is 0 Å². The zero-order valence-corrected chi connectivity index (χ0v) is 22.0. The fraction of sp³-hybridized carbons (Fsp3) is 0.529. The topological polar surface area (TPSA) is 9.23 Å². The van der Waals surface area contributed by atoms with Crippen molar-refractivity contribution in [3.05, 3.63) is 77.4 Å². The molecule has 1 heteroatoms. The van der Waals surface area contributed by atoms with Crippen LogP contribution in [0.4, 0.5) is 0 Å². The van der Waals surface area contributed by atoms with E-state index in [-0.39, 0.29) is 0 Å². The maximum atomic E-state index is 5.72. The van der Waals surface area contributed by atoms with Gasteiger partial charge in [0, 0.05) is 5.56 Å². The van der Waals surface area contributed by atoms with Gasteiger partial charge in [-0.2, -0.15) is 0 Å². The Kier molecular flexibility index (Phi) is 9.94. The van der Waals surface area contributed by atoms with Crippen LogP contribution in [0.25, 0.3) is 0 Å². The van der Waals surface area contributed by atoms with Crippen LogP contribution >= 0.6 is 0 Å². The number of benzene rings is 2. The Morgan fingerprint density at radius 3 is 1.94 bits per heavy atom. The number of rotatable bonds is 8. The van der Waals surface area contributed by atoms with Crippen LogP contribution in [0.3, 0.4) is 0 Å². The van der Waals surface area contributed by atoms with Gasteiger partial charge in [-0.1, -0.05) is 68.9 Å². The molecule has 0 bridgehead atoms. The molecule has 0 amide bonds. The Balaban J connectivity index is 1.20. The molecular weight excluding hydrogens is 424 g/mol. The molecule has 2 aliphatic carbocycles. The lowest BCUT2D eigenvalue weighted by atomic mass is 9.77. The lowest BCUT2D eigenvalue weighted by molar-refractivity contribution is 0.308. The molecule has 0 radical (unpaired) electrons. The number of ether oxygens (including phenoxy) is 1. The standard InChI is InChI=1S/C34H44O/c1-3-7-27-10-16-30(17-11-27)31-18-12-28(13-19-31)8-5-6-9-29-14-20-32(21-15-29)33-22-24-34(25-23-33)35-26-4-2/h6,9,12-13,18-19,22-25,27,29-30,32H,3-4,7,10-11,14-17,20-21,26H2,1-2H3. The molecular formula is C34H44O. The summed E-state index contributed by atoms with van der Waals surface area (Å²) in [6.07, 6.45) is 18.8. The fourth-order valence-corrected chi connectivity index (χ4v) is 6.04. The van der Waals surface area contributed by atoms with Crippen LogP contribution in [-0.2, 0) is 0 Å². The summed E-state index contributed by atoms with van der Waals surface area (Å²) in [6, 6.07) is 17.9. The van der Waals surface area contributed by atoms with Gasteiger partial charge in [-0.25, -0.2) is 0 Å². The third-order valence-electron chi connectivity index (χ3n) is 8.19. The molecule has 2 fully saturated rings. The largest absolute Gasteiger partial charge is 0.494 e. The molecule has 0 heterocycles. The van der Waals surface area contributed by atoms with Crippen molar-refractivity contribution in [2.24, 2.45) is 11.8 Å². The second-order valence-corrected chi connectivity index (χ2v) is 10.8. The second-order valence-electron chi connectivity index (χ2n) is 10.8. The molecule has 0 aliphatic heterocycles. The van der Waals surface area contributed by atoms with Crippen LogP contribution in [-0.4, -0.2) is 6.61 Å². The Morgan fingerprint density at radius 2 is 1.34 bits per heavy atom. The van der Waals surface area contributed by atoms with E-state index in [9.17, 15) is 0 Å². The van der Waals surface area contributed by atoms with E-state index in [0.29, 0.717) is 11.8 Å². The summed E-state index contributed by atoms with van der Waals surface area (Å²) in [4.78, 5) is 0. The third-order valence-corrected chi connectivity index (χ3v) is 8.19. The van der Waals surface area contributed by atoms with E-state index in [4.69, 9.17) is 4.74 Å². The molecule has 0 unspecified atom stereocenters. The molecule has 1 nitrogen and oxygen atoms in total. The highest BCUT2D eigenvalue weighted by Crippen LogP contribution is 2.38. The first-order valence-electron chi connectivity index (χ1n) is 14.3. The predicted molar refractivity (Wildman–Crippen MR) is 149 cm³/mol. The van der Waals surface area contributed by atoms with Gasteiger partial charge in [0.05, 0.1) is 6.61 Å². The van der Waals surface area contributed by atoms with E-state index in [2.05, 4.69) is 86.4 Å². The summed E-state index contributed by atoms with van der Waals surface area (Å²) >= 11 is 0. The normalized spacial score (nSPS) is 24.6. The molecule has 2 saturated carbocycles. The summed E-state index contributed by atoms with van der Waals surface area (Å²) in [5, 5.41) is 0. The van der Waals surface area contributed by atoms with Gasteiger partial charge in [0.2, 0.25) is 0 Å². The van der Waals surface area contributed by atoms with Crippen molar-refractivity contribution in [1.82, 2.24) is 0 Å². The van der Waals surface area contributed by atoms with Gasteiger partial charge in [0.1, 0.15) is 5.75 Å². The molecule has 0 saturated heterocycles. The summed E-state index contributed by atoms with van der Waals surface area (Å²) in [5.74, 6) is 10.7. The predicted octanol–water partition coefficient (Wildman–Crippen LogP) is 9.43. The summed E-state index contributed by atoms with van der Waals surface area (Å²) in [7, 11) is 0. The van der Waals surface area contributed by atoms with Crippen molar-refractivity contribution in [3.63, 3.8) is 0 Å². The minimum atomic E-state index is 0.665. The summed E-state index contributed by atoms with van der Waals surface area (Å²) in [5.41, 5.74) is 4.11. The maximum absolute atomic E-state index is 5.72. The van der Waals surface area contributed by atoms with Gasteiger partial charge in [0.25, 0.3) is 0 Å². The highest BCUT2D eigenvalue weighted by atomic mass is 16.5. The van der Waals surface area contributed by atoms with Gasteiger partial charge in [0.15, 0.2) is 0 Å². The van der Waals surface area contributed by atoms with Crippen LogP contribution in [0.5, 0.6) is 5.75 Å². The van der Waals surface area contributed by atoms with Crippen molar-refractivity contribution in [2.45, 2.75) is 96.3 Å². The average molecular weight is 469 g/mol. The Bertz CT molecular complexity index is 956. The van der Waals surface area contributed by atoms with E-state index in [1.807, 2.05) is 0 Å². The van der Waals surface area contributed by atoms with E-state index >= 15 is 0 Å². The number of hydrogen-bond donors (Lipinski definition) is 0. The monoisotopic (exact) mass is 468 g/mol. The van der Waals surface area contributed by atoms with E-state index in [1.165, 1.54) is 75.3 Å². The fourth-order valence-electron chi connectivity index (χ4n) is 6.04. The first-order valence-corrected chi connectivity index (χ1v) is 14.3. The minimum absolute atomic E-state index is 0.665. The second kappa shape index (κ2) is 13.6. The zero-order chi connectivity index (χ0) is 24.3. The van der Waals surface area contributed by atoms with Crippen LogP contribution in [0.15, 0.2) is 60.7 Å². The van der Waals surface area contributed by atoms with Gasteiger partial charge < -0.3 is 4.74 Å². The van der Waals surface area contributed by atoms with Gasteiger partial charge in [-0.05, 0) is 123 Å². The number of hydrogen-bond acceptors (Lipinski definition) is 1. The minimum Gasteiger partial charge on any atom is -0.494 e. The van der Waals surface area contributed by atoms with Crippen molar-refractivity contribution < 1.29 is 4.74 Å². The first-order chi connectivity index (χ1) is 17.2. The van der Waals surface area contributed by atoms with E-state index < -0.39 is 0 Å². The molecule has 2 aliphatic rings. The Hall–Kier alpha value is -2.46. The van der Waals surface area contributed by atoms with E-state index in [1.54, 1.807) is 0 Å².